The molecule has 0 aliphatic heterocycles. The molecule has 0 aliphatic rings. The minimum atomic E-state index is 0.115. The number of fused-ring (bicyclic) bond motifs is 1. The zero-order chi connectivity index (χ0) is 14.0. The zero-order valence-corrected chi connectivity index (χ0v) is 12.1. The van der Waals surface area contributed by atoms with Gasteiger partial charge in [0.2, 0.25) is 0 Å². The lowest BCUT2D eigenvalue weighted by Gasteiger charge is -2.22. The largest absolute Gasteiger partial charge is 0.373 e. The topological polar surface area (TPSA) is 79.6 Å². The van der Waals surface area contributed by atoms with Gasteiger partial charge in [0.1, 0.15) is 11.6 Å². The first-order chi connectivity index (χ1) is 8.87. The predicted octanol–water partition coefficient (Wildman–Crippen LogP) is 2.31. The van der Waals surface area contributed by atoms with Gasteiger partial charge in [-0.15, -0.1) is 0 Å². The summed E-state index contributed by atoms with van der Waals surface area (Å²) in [5, 5.41) is 3.01. The van der Waals surface area contributed by atoms with Crippen molar-refractivity contribution in [3.8, 4) is 0 Å². The standard InChI is InChI=1S/C14H23N5/c1-14(2,3)8-9(15)7-12-17-10-5-6-11(16-4)18-13(10)19-12/h5-6,9H,7-8,15H2,1-4H3,(H2,16,17,18,19). The molecule has 19 heavy (non-hydrogen) atoms. The van der Waals surface area contributed by atoms with E-state index in [1.54, 1.807) is 0 Å². The van der Waals surface area contributed by atoms with Crippen LogP contribution in [-0.4, -0.2) is 28.0 Å². The van der Waals surface area contributed by atoms with E-state index in [-0.39, 0.29) is 11.5 Å². The van der Waals surface area contributed by atoms with E-state index < -0.39 is 0 Å². The maximum absolute atomic E-state index is 6.18. The number of H-pyrrole nitrogens is 1. The number of rotatable bonds is 4. The number of hydrogen-bond acceptors (Lipinski definition) is 4. The highest BCUT2D eigenvalue weighted by Crippen LogP contribution is 2.21. The first-order valence-corrected chi connectivity index (χ1v) is 6.66. The van der Waals surface area contributed by atoms with E-state index in [9.17, 15) is 0 Å². The van der Waals surface area contributed by atoms with Gasteiger partial charge < -0.3 is 16.0 Å². The summed E-state index contributed by atoms with van der Waals surface area (Å²) in [7, 11) is 1.85. The smallest absolute Gasteiger partial charge is 0.179 e. The third-order valence-electron chi connectivity index (χ3n) is 2.98. The van der Waals surface area contributed by atoms with Gasteiger partial charge in [-0.3, -0.25) is 0 Å². The summed E-state index contributed by atoms with van der Waals surface area (Å²) in [6, 6.07) is 4.03. The highest BCUT2D eigenvalue weighted by molar-refractivity contribution is 5.72. The van der Waals surface area contributed by atoms with E-state index >= 15 is 0 Å². The van der Waals surface area contributed by atoms with Crippen LogP contribution in [0.4, 0.5) is 5.82 Å². The third kappa shape index (κ3) is 3.67. The molecule has 0 fully saturated rings. The molecule has 1 unspecified atom stereocenters. The Morgan fingerprint density at radius 2 is 2.05 bits per heavy atom. The Morgan fingerprint density at radius 3 is 2.68 bits per heavy atom. The van der Waals surface area contributed by atoms with Crippen molar-refractivity contribution in [2.24, 2.45) is 11.1 Å². The van der Waals surface area contributed by atoms with Crippen LogP contribution < -0.4 is 11.1 Å². The van der Waals surface area contributed by atoms with Gasteiger partial charge in [0.05, 0.1) is 5.52 Å². The number of anilines is 1. The van der Waals surface area contributed by atoms with Crippen molar-refractivity contribution in [1.82, 2.24) is 15.0 Å². The van der Waals surface area contributed by atoms with Gasteiger partial charge in [-0.05, 0) is 24.0 Å². The van der Waals surface area contributed by atoms with Crippen LogP contribution in [0.25, 0.3) is 11.2 Å². The first-order valence-electron chi connectivity index (χ1n) is 6.66. The molecule has 0 aliphatic carbocycles. The van der Waals surface area contributed by atoms with Crippen molar-refractivity contribution in [2.75, 3.05) is 12.4 Å². The van der Waals surface area contributed by atoms with Gasteiger partial charge in [-0.2, -0.15) is 0 Å². The molecule has 1 atom stereocenters. The molecule has 0 spiro atoms. The number of pyridine rings is 1. The van der Waals surface area contributed by atoms with Gasteiger partial charge in [-0.25, -0.2) is 9.97 Å². The second-order valence-corrected chi connectivity index (χ2v) is 6.23. The van der Waals surface area contributed by atoms with Gasteiger partial charge in [0, 0.05) is 19.5 Å². The van der Waals surface area contributed by atoms with E-state index in [0.717, 1.165) is 35.6 Å². The highest BCUT2D eigenvalue weighted by atomic mass is 15.0. The first kappa shape index (κ1) is 13.8. The van der Waals surface area contributed by atoms with Crippen LogP contribution in [0.3, 0.4) is 0 Å². The van der Waals surface area contributed by atoms with Crippen molar-refractivity contribution in [2.45, 2.75) is 39.7 Å². The van der Waals surface area contributed by atoms with Crippen molar-refractivity contribution in [3.63, 3.8) is 0 Å². The molecule has 5 heteroatoms. The normalized spacial score (nSPS) is 13.7. The second kappa shape index (κ2) is 5.17. The monoisotopic (exact) mass is 261 g/mol. The van der Waals surface area contributed by atoms with Crippen molar-refractivity contribution < 1.29 is 0 Å². The van der Waals surface area contributed by atoms with Crippen LogP contribution in [-0.2, 0) is 6.42 Å². The molecule has 0 saturated heterocycles. The molecule has 5 nitrogen and oxygen atoms in total. The van der Waals surface area contributed by atoms with E-state index in [1.165, 1.54) is 0 Å². The SMILES string of the molecule is CNc1ccc2[nH]c(CC(N)CC(C)(C)C)nc2n1. The Labute approximate surface area is 114 Å². The molecule has 0 amide bonds. The fourth-order valence-electron chi connectivity index (χ4n) is 2.29. The summed E-state index contributed by atoms with van der Waals surface area (Å²) in [6.07, 6.45) is 1.72. The van der Waals surface area contributed by atoms with Crippen molar-refractivity contribution in [1.29, 1.82) is 0 Å². The fraction of sp³-hybridized carbons (Fsp3) is 0.571. The summed E-state index contributed by atoms with van der Waals surface area (Å²) in [6.45, 7) is 6.60. The number of aromatic amines is 1. The molecular formula is C14H23N5. The van der Waals surface area contributed by atoms with E-state index in [4.69, 9.17) is 5.73 Å². The Hall–Kier alpha value is -1.62. The maximum atomic E-state index is 6.18. The summed E-state index contributed by atoms with van der Waals surface area (Å²) < 4.78 is 0. The summed E-state index contributed by atoms with van der Waals surface area (Å²) >= 11 is 0. The number of imidazole rings is 1. The Bertz CT molecular complexity index is 552. The number of nitrogens with two attached hydrogens (primary N) is 1. The summed E-state index contributed by atoms with van der Waals surface area (Å²) in [5.74, 6) is 1.73. The molecule has 0 radical (unpaired) electrons. The molecule has 2 rings (SSSR count). The Morgan fingerprint density at radius 1 is 1.32 bits per heavy atom. The van der Waals surface area contributed by atoms with Crippen LogP contribution in [0.15, 0.2) is 12.1 Å². The quantitative estimate of drug-likeness (QED) is 0.789. The average molecular weight is 261 g/mol. The van der Waals surface area contributed by atoms with Crippen LogP contribution in [0.1, 0.15) is 33.0 Å². The van der Waals surface area contributed by atoms with Gasteiger partial charge in [0.15, 0.2) is 5.65 Å². The van der Waals surface area contributed by atoms with Crippen molar-refractivity contribution >= 4 is 17.0 Å². The lowest BCUT2D eigenvalue weighted by molar-refractivity contribution is 0.337. The molecule has 0 aromatic carbocycles. The lowest BCUT2D eigenvalue weighted by atomic mass is 9.87. The average Bonchev–Trinajstić information content (AvgIpc) is 2.66. The maximum Gasteiger partial charge on any atom is 0.179 e. The Kier molecular flexibility index (Phi) is 3.75. The molecule has 2 aromatic rings. The number of aromatic nitrogens is 3. The second-order valence-electron chi connectivity index (χ2n) is 6.23. The van der Waals surface area contributed by atoms with Crippen LogP contribution >= 0.6 is 0 Å². The number of hydrogen-bond donors (Lipinski definition) is 3. The molecule has 2 heterocycles. The third-order valence-corrected chi connectivity index (χ3v) is 2.98. The van der Waals surface area contributed by atoms with Crippen LogP contribution in [0.2, 0.25) is 0 Å². The van der Waals surface area contributed by atoms with Gasteiger partial charge >= 0.3 is 0 Å². The number of nitrogens with one attached hydrogen (secondary N) is 2. The number of nitrogens with zero attached hydrogens (tertiary/aromatic N) is 2. The highest BCUT2D eigenvalue weighted by Gasteiger charge is 2.17. The van der Waals surface area contributed by atoms with Gasteiger partial charge in [0.25, 0.3) is 0 Å². The fourth-order valence-corrected chi connectivity index (χ4v) is 2.29. The van der Waals surface area contributed by atoms with Crippen LogP contribution in [0, 0.1) is 5.41 Å². The molecule has 0 bridgehead atoms. The summed E-state index contributed by atoms with van der Waals surface area (Å²) in [5.41, 5.74) is 8.11. The predicted molar refractivity (Wildman–Crippen MR) is 79.2 cm³/mol. The molecule has 2 aromatic heterocycles. The minimum Gasteiger partial charge on any atom is -0.373 e. The van der Waals surface area contributed by atoms with Crippen molar-refractivity contribution in [3.05, 3.63) is 18.0 Å². The molecule has 104 valence electrons. The Balaban J connectivity index is 2.13. The van der Waals surface area contributed by atoms with E-state index in [1.807, 2.05) is 19.2 Å². The summed E-state index contributed by atoms with van der Waals surface area (Å²) in [4.78, 5) is 12.2. The molecular weight excluding hydrogens is 238 g/mol. The van der Waals surface area contributed by atoms with E-state index in [2.05, 4.69) is 41.0 Å². The van der Waals surface area contributed by atoms with Gasteiger partial charge in [-0.1, -0.05) is 20.8 Å². The van der Waals surface area contributed by atoms with E-state index in [0.29, 0.717) is 0 Å². The lowest BCUT2D eigenvalue weighted by Crippen LogP contribution is -2.28. The zero-order valence-electron chi connectivity index (χ0n) is 12.1. The minimum absolute atomic E-state index is 0.115. The van der Waals surface area contributed by atoms with Crippen LogP contribution in [0.5, 0.6) is 0 Å². The molecule has 0 saturated carbocycles. The molecule has 4 N–H and O–H groups in total.